The van der Waals surface area contributed by atoms with Gasteiger partial charge in [-0.05, 0) is 32.9 Å². The number of alkyl halides is 3. The number of Topliss-reactive ketones (excluding diaryl/α,β-unsaturated/α-hetero) is 1. The zero-order chi connectivity index (χ0) is 14.1. The van der Waals surface area contributed by atoms with Crippen LogP contribution in [0.3, 0.4) is 0 Å². The van der Waals surface area contributed by atoms with Gasteiger partial charge in [0.15, 0.2) is 11.4 Å². The molecule has 0 bridgehead atoms. The minimum absolute atomic E-state index is 0.0389. The smallest absolute Gasteiger partial charge is 0.427 e. The summed E-state index contributed by atoms with van der Waals surface area (Å²) in [5.74, 6) is -1.61. The molecule has 0 aliphatic rings. The summed E-state index contributed by atoms with van der Waals surface area (Å²) in [6.45, 7) is 2.84. The van der Waals surface area contributed by atoms with Crippen molar-refractivity contribution in [2.45, 2.75) is 32.5 Å². The van der Waals surface area contributed by atoms with Gasteiger partial charge in [-0.3, -0.25) is 4.79 Å². The first-order chi connectivity index (χ1) is 8.03. The molecule has 0 aromatic heterocycles. The Morgan fingerprint density at radius 3 is 2.17 bits per heavy atom. The quantitative estimate of drug-likeness (QED) is 0.614. The Hall–Kier alpha value is -1.59. The maximum absolute atomic E-state index is 13.1. The molecule has 0 heterocycles. The van der Waals surface area contributed by atoms with Gasteiger partial charge in [0.1, 0.15) is 11.6 Å². The van der Waals surface area contributed by atoms with E-state index in [1.165, 1.54) is 6.92 Å². The van der Waals surface area contributed by atoms with Crippen LogP contribution in [-0.2, 0) is 0 Å². The Labute approximate surface area is 102 Å². The van der Waals surface area contributed by atoms with Crippen molar-refractivity contribution in [2.24, 2.45) is 0 Å². The highest BCUT2D eigenvalue weighted by molar-refractivity contribution is 5.94. The molecular weight excluding hydrogens is 252 g/mol. The molecule has 0 saturated heterocycles. The molecule has 2 nitrogen and oxygen atoms in total. The Morgan fingerprint density at radius 1 is 1.17 bits per heavy atom. The zero-order valence-electron chi connectivity index (χ0n) is 10.1. The van der Waals surface area contributed by atoms with E-state index in [0.717, 1.165) is 32.0 Å². The molecule has 0 amide bonds. The highest BCUT2D eigenvalue weighted by Crippen LogP contribution is 2.34. The van der Waals surface area contributed by atoms with E-state index in [4.69, 9.17) is 4.74 Å². The summed E-state index contributed by atoms with van der Waals surface area (Å²) in [7, 11) is 0. The molecular formula is C12H12F4O2. The van der Waals surface area contributed by atoms with Gasteiger partial charge in [-0.15, -0.1) is 0 Å². The summed E-state index contributed by atoms with van der Waals surface area (Å²) in [5, 5.41) is 0. The third-order valence-electron chi connectivity index (χ3n) is 2.33. The second kappa shape index (κ2) is 4.59. The van der Waals surface area contributed by atoms with Crippen LogP contribution in [0.2, 0.25) is 0 Å². The van der Waals surface area contributed by atoms with Crippen LogP contribution in [0.25, 0.3) is 0 Å². The van der Waals surface area contributed by atoms with E-state index in [9.17, 15) is 22.4 Å². The molecule has 0 spiro atoms. The molecule has 0 unspecified atom stereocenters. The largest absolute Gasteiger partial charge is 0.478 e. The standard InChI is InChI=1S/C12H12F4O2/c1-7(17)8-4-9(13)6-10(5-8)18-11(2,3)12(14,15)16/h4-6H,1-3H3. The summed E-state index contributed by atoms with van der Waals surface area (Å²) in [6, 6.07) is 2.83. The van der Waals surface area contributed by atoms with Crippen molar-refractivity contribution in [3.8, 4) is 5.75 Å². The molecule has 0 fully saturated rings. The number of halogens is 4. The number of ketones is 1. The Morgan fingerprint density at radius 2 is 1.72 bits per heavy atom. The van der Waals surface area contributed by atoms with E-state index < -0.39 is 23.4 Å². The van der Waals surface area contributed by atoms with Crippen molar-refractivity contribution in [1.82, 2.24) is 0 Å². The maximum atomic E-state index is 13.1. The number of carbonyl (C=O) groups excluding carboxylic acids is 1. The fourth-order valence-corrected chi connectivity index (χ4v) is 1.18. The van der Waals surface area contributed by atoms with E-state index >= 15 is 0 Å². The van der Waals surface area contributed by atoms with Crippen LogP contribution in [0.5, 0.6) is 5.75 Å². The number of ether oxygens (including phenoxy) is 1. The number of hydrogen-bond donors (Lipinski definition) is 0. The predicted molar refractivity (Wildman–Crippen MR) is 57.2 cm³/mol. The topological polar surface area (TPSA) is 26.3 Å². The third kappa shape index (κ3) is 3.21. The first-order valence-corrected chi connectivity index (χ1v) is 5.10. The van der Waals surface area contributed by atoms with Crippen LogP contribution in [0, 0.1) is 5.82 Å². The van der Waals surface area contributed by atoms with Gasteiger partial charge in [0.05, 0.1) is 0 Å². The van der Waals surface area contributed by atoms with E-state index in [2.05, 4.69) is 0 Å². The van der Waals surface area contributed by atoms with Crippen molar-refractivity contribution >= 4 is 5.78 Å². The Kier molecular flexibility index (Phi) is 3.69. The van der Waals surface area contributed by atoms with E-state index in [-0.39, 0.29) is 11.3 Å². The predicted octanol–water partition coefficient (Wildman–Crippen LogP) is 3.75. The molecule has 1 aromatic carbocycles. The van der Waals surface area contributed by atoms with Crippen LogP contribution in [0.4, 0.5) is 17.6 Å². The van der Waals surface area contributed by atoms with Crippen molar-refractivity contribution in [3.05, 3.63) is 29.6 Å². The van der Waals surface area contributed by atoms with Gasteiger partial charge >= 0.3 is 6.18 Å². The summed E-state index contributed by atoms with van der Waals surface area (Å²) >= 11 is 0. The number of hydrogen-bond acceptors (Lipinski definition) is 2. The van der Waals surface area contributed by atoms with E-state index in [0.29, 0.717) is 0 Å². The number of rotatable bonds is 3. The van der Waals surface area contributed by atoms with Crippen molar-refractivity contribution in [1.29, 1.82) is 0 Å². The molecule has 18 heavy (non-hydrogen) atoms. The molecule has 1 aromatic rings. The van der Waals surface area contributed by atoms with Crippen LogP contribution in [0.1, 0.15) is 31.1 Å². The van der Waals surface area contributed by atoms with Gasteiger partial charge in [-0.1, -0.05) is 0 Å². The second-order valence-corrected chi connectivity index (χ2v) is 4.34. The van der Waals surface area contributed by atoms with Gasteiger partial charge < -0.3 is 4.74 Å². The highest BCUT2D eigenvalue weighted by atomic mass is 19.4. The van der Waals surface area contributed by atoms with Gasteiger partial charge in [0.25, 0.3) is 0 Å². The molecule has 0 N–H and O–H groups in total. The molecule has 6 heteroatoms. The van der Waals surface area contributed by atoms with Crippen LogP contribution in [-0.4, -0.2) is 17.6 Å². The van der Waals surface area contributed by atoms with Crippen LogP contribution in [0.15, 0.2) is 18.2 Å². The summed E-state index contributed by atoms with van der Waals surface area (Å²) in [6.07, 6.45) is -4.60. The minimum Gasteiger partial charge on any atom is -0.478 e. The number of benzene rings is 1. The Bertz CT molecular complexity index is 464. The molecule has 0 atom stereocenters. The van der Waals surface area contributed by atoms with Crippen molar-refractivity contribution in [2.75, 3.05) is 0 Å². The first kappa shape index (κ1) is 14.5. The van der Waals surface area contributed by atoms with Gasteiger partial charge in [-0.25, -0.2) is 4.39 Å². The third-order valence-corrected chi connectivity index (χ3v) is 2.33. The molecule has 0 saturated carbocycles. The summed E-state index contributed by atoms with van der Waals surface area (Å²) < 4.78 is 55.6. The van der Waals surface area contributed by atoms with Gasteiger partial charge in [0.2, 0.25) is 0 Å². The van der Waals surface area contributed by atoms with Crippen LogP contribution >= 0.6 is 0 Å². The lowest BCUT2D eigenvalue weighted by molar-refractivity contribution is -0.234. The lowest BCUT2D eigenvalue weighted by atomic mass is 10.1. The number of carbonyl (C=O) groups is 1. The average Bonchev–Trinajstić information content (AvgIpc) is 2.13. The highest BCUT2D eigenvalue weighted by Gasteiger charge is 2.49. The van der Waals surface area contributed by atoms with E-state index in [1.807, 2.05) is 0 Å². The minimum atomic E-state index is -4.60. The Balaban J connectivity index is 3.09. The lowest BCUT2D eigenvalue weighted by Crippen LogP contribution is -2.44. The average molecular weight is 264 g/mol. The monoisotopic (exact) mass is 264 g/mol. The summed E-state index contributed by atoms with van der Waals surface area (Å²) in [5.41, 5.74) is -2.50. The maximum Gasteiger partial charge on any atom is 0.427 e. The van der Waals surface area contributed by atoms with Crippen LogP contribution < -0.4 is 4.74 Å². The molecule has 0 aliphatic carbocycles. The van der Waals surface area contributed by atoms with E-state index in [1.54, 1.807) is 0 Å². The SMILES string of the molecule is CC(=O)c1cc(F)cc(OC(C)(C)C(F)(F)F)c1. The van der Waals surface area contributed by atoms with Gasteiger partial charge in [-0.2, -0.15) is 13.2 Å². The fourth-order valence-electron chi connectivity index (χ4n) is 1.18. The lowest BCUT2D eigenvalue weighted by Gasteiger charge is -2.28. The fraction of sp³-hybridized carbons (Fsp3) is 0.417. The normalized spacial score (nSPS) is 12.4. The molecule has 1 rings (SSSR count). The molecule has 0 aliphatic heterocycles. The summed E-state index contributed by atoms with van der Waals surface area (Å²) in [4.78, 5) is 11.1. The molecule has 0 radical (unpaired) electrons. The van der Waals surface area contributed by atoms with Crippen molar-refractivity contribution in [3.63, 3.8) is 0 Å². The zero-order valence-corrected chi connectivity index (χ0v) is 10.1. The molecule has 100 valence electrons. The van der Waals surface area contributed by atoms with Gasteiger partial charge in [0, 0.05) is 11.6 Å². The first-order valence-electron chi connectivity index (χ1n) is 5.10. The second-order valence-electron chi connectivity index (χ2n) is 4.34. The van der Waals surface area contributed by atoms with Crippen molar-refractivity contribution < 1.29 is 27.1 Å².